The van der Waals surface area contributed by atoms with Crippen LogP contribution in [0.5, 0.6) is 0 Å². The van der Waals surface area contributed by atoms with E-state index in [1.54, 1.807) is 6.92 Å². The molecule has 0 fully saturated rings. The number of anilines is 2. The first-order valence-electron chi connectivity index (χ1n) is 5.76. The Morgan fingerprint density at radius 3 is 2.82 bits per heavy atom. The van der Waals surface area contributed by atoms with Crippen molar-refractivity contribution in [3.63, 3.8) is 0 Å². The number of nitrogens with two attached hydrogens (primary N) is 1. The van der Waals surface area contributed by atoms with Gasteiger partial charge in [-0.25, -0.2) is 4.98 Å². The third kappa shape index (κ3) is 4.75. The summed E-state index contributed by atoms with van der Waals surface area (Å²) in [6, 6.07) is 0. The lowest BCUT2D eigenvalue weighted by atomic mass is 10.3. The van der Waals surface area contributed by atoms with E-state index < -0.39 is 0 Å². The summed E-state index contributed by atoms with van der Waals surface area (Å²) in [6.07, 6.45) is 1.95. The van der Waals surface area contributed by atoms with Crippen molar-refractivity contribution in [2.45, 2.75) is 26.7 Å². The molecule has 0 amide bonds. The summed E-state index contributed by atoms with van der Waals surface area (Å²) in [6.45, 7) is 6.18. The van der Waals surface area contributed by atoms with Crippen LogP contribution in [0.15, 0.2) is 0 Å². The predicted octanol–water partition coefficient (Wildman–Crippen LogP) is 2.25. The molecule has 0 atom stereocenters. The molecule has 0 bridgehead atoms. The monoisotopic (exact) mass is 258 g/mol. The first-order valence-corrected chi connectivity index (χ1v) is 6.14. The molecule has 0 saturated heterocycles. The second-order valence-corrected chi connectivity index (χ2v) is 4.07. The molecule has 1 aromatic heterocycles. The van der Waals surface area contributed by atoms with Crippen LogP contribution in [0.25, 0.3) is 0 Å². The zero-order valence-electron chi connectivity index (χ0n) is 10.3. The average Bonchev–Trinajstić information content (AvgIpc) is 2.29. The minimum Gasteiger partial charge on any atom is -0.394 e. The number of nitrogen functional groups attached to an aromatic ring is 1. The fraction of sp³-hybridized carbons (Fsp3) is 0.636. The van der Waals surface area contributed by atoms with Crippen LogP contribution in [-0.2, 0) is 4.74 Å². The van der Waals surface area contributed by atoms with Crippen molar-refractivity contribution in [1.29, 1.82) is 0 Å². The highest BCUT2D eigenvalue weighted by atomic mass is 35.5. The van der Waals surface area contributed by atoms with Crippen LogP contribution >= 0.6 is 11.6 Å². The van der Waals surface area contributed by atoms with Crippen molar-refractivity contribution in [3.05, 3.63) is 11.0 Å². The average molecular weight is 259 g/mol. The largest absolute Gasteiger partial charge is 0.394 e. The maximum absolute atomic E-state index is 5.84. The van der Waals surface area contributed by atoms with Gasteiger partial charge in [-0.3, -0.25) is 0 Å². The van der Waals surface area contributed by atoms with Gasteiger partial charge in [-0.15, -0.1) is 0 Å². The van der Waals surface area contributed by atoms with E-state index in [-0.39, 0.29) is 5.28 Å². The molecule has 0 saturated carbocycles. The molecule has 1 rings (SSSR count). The van der Waals surface area contributed by atoms with Crippen molar-refractivity contribution in [3.8, 4) is 0 Å². The Labute approximate surface area is 107 Å². The molecule has 0 unspecified atom stereocenters. The molecule has 1 aromatic rings. The molecule has 17 heavy (non-hydrogen) atoms. The second-order valence-electron chi connectivity index (χ2n) is 3.73. The van der Waals surface area contributed by atoms with Gasteiger partial charge in [0.2, 0.25) is 5.28 Å². The van der Waals surface area contributed by atoms with Crippen molar-refractivity contribution in [2.75, 3.05) is 30.8 Å². The molecule has 6 heteroatoms. The van der Waals surface area contributed by atoms with E-state index in [0.29, 0.717) is 17.2 Å². The van der Waals surface area contributed by atoms with Gasteiger partial charge in [0.15, 0.2) is 5.82 Å². The van der Waals surface area contributed by atoms with Gasteiger partial charge >= 0.3 is 0 Å². The number of ether oxygens (including phenoxy) is 1. The highest BCUT2D eigenvalue weighted by Gasteiger charge is 2.06. The molecule has 0 radical (unpaired) electrons. The lowest BCUT2D eigenvalue weighted by Crippen LogP contribution is -2.10. The number of nitrogens with one attached hydrogen (secondary N) is 1. The molecule has 1 heterocycles. The molecule has 0 spiro atoms. The topological polar surface area (TPSA) is 73.1 Å². The van der Waals surface area contributed by atoms with Gasteiger partial charge in [0.1, 0.15) is 0 Å². The Balaban J connectivity index is 2.36. The maximum atomic E-state index is 5.84. The summed E-state index contributed by atoms with van der Waals surface area (Å²) in [5.41, 5.74) is 7.07. The zero-order chi connectivity index (χ0) is 12.7. The minimum atomic E-state index is 0.210. The van der Waals surface area contributed by atoms with Gasteiger partial charge in [0.25, 0.3) is 0 Å². The summed E-state index contributed by atoms with van der Waals surface area (Å²) < 4.78 is 5.37. The van der Waals surface area contributed by atoms with Crippen LogP contribution < -0.4 is 11.1 Å². The Kier molecular flexibility index (Phi) is 6.00. The van der Waals surface area contributed by atoms with Crippen molar-refractivity contribution in [1.82, 2.24) is 9.97 Å². The van der Waals surface area contributed by atoms with Gasteiger partial charge in [0.05, 0.1) is 11.4 Å². The predicted molar refractivity (Wildman–Crippen MR) is 70.4 cm³/mol. The van der Waals surface area contributed by atoms with Crippen LogP contribution in [-0.4, -0.2) is 29.7 Å². The molecule has 0 aliphatic carbocycles. The Hall–Kier alpha value is -1.07. The number of hydrogen-bond donors (Lipinski definition) is 2. The quantitative estimate of drug-likeness (QED) is 0.580. The molecule has 5 nitrogen and oxygen atoms in total. The van der Waals surface area contributed by atoms with Crippen molar-refractivity contribution < 1.29 is 4.74 Å². The summed E-state index contributed by atoms with van der Waals surface area (Å²) in [5, 5.41) is 3.34. The molecular formula is C11H19ClN4O. The number of halogens is 1. The normalized spacial score (nSPS) is 10.5. The van der Waals surface area contributed by atoms with Crippen LogP contribution in [0.4, 0.5) is 11.5 Å². The molecular weight excluding hydrogens is 240 g/mol. The van der Waals surface area contributed by atoms with Gasteiger partial charge in [0, 0.05) is 19.8 Å². The van der Waals surface area contributed by atoms with E-state index in [4.69, 9.17) is 22.1 Å². The Morgan fingerprint density at radius 1 is 1.35 bits per heavy atom. The lowest BCUT2D eigenvalue weighted by molar-refractivity contribution is 0.134. The number of rotatable bonds is 7. The number of aromatic nitrogens is 2. The van der Waals surface area contributed by atoms with E-state index in [2.05, 4.69) is 22.2 Å². The molecule has 0 aliphatic heterocycles. The van der Waals surface area contributed by atoms with Crippen LogP contribution in [0.1, 0.15) is 25.5 Å². The summed E-state index contributed by atoms with van der Waals surface area (Å²) >= 11 is 5.76. The van der Waals surface area contributed by atoms with Crippen molar-refractivity contribution in [2.24, 2.45) is 0 Å². The SMILES string of the molecule is CCCOCCCNc1nc(Cl)nc(C)c1N. The van der Waals surface area contributed by atoms with Gasteiger partial charge < -0.3 is 15.8 Å². The van der Waals surface area contributed by atoms with E-state index in [1.807, 2.05) is 0 Å². The molecule has 96 valence electrons. The fourth-order valence-electron chi connectivity index (χ4n) is 1.31. The van der Waals surface area contributed by atoms with Crippen LogP contribution in [0.3, 0.4) is 0 Å². The summed E-state index contributed by atoms with van der Waals surface area (Å²) in [5.74, 6) is 0.595. The number of nitrogens with zero attached hydrogens (tertiary/aromatic N) is 2. The number of hydrogen-bond acceptors (Lipinski definition) is 5. The third-order valence-corrected chi connectivity index (χ3v) is 2.38. The Bertz CT molecular complexity index is 360. The molecule has 0 aliphatic rings. The van der Waals surface area contributed by atoms with Gasteiger partial charge in [-0.2, -0.15) is 4.98 Å². The first-order chi connectivity index (χ1) is 8.15. The highest BCUT2D eigenvalue weighted by Crippen LogP contribution is 2.20. The zero-order valence-corrected chi connectivity index (χ0v) is 11.0. The Morgan fingerprint density at radius 2 is 2.12 bits per heavy atom. The fourth-order valence-corrected chi connectivity index (χ4v) is 1.52. The van der Waals surface area contributed by atoms with E-state index in [9.17, 15) is 0 Å². The highest BCUT2D eigenvalue weighted by molar-refractivity contribution is 6.28. The molecule has 3 N–H and O–H groups in total. The first kappa shape index (κ1) is 14.0. The van der Waals surface area contributed by atoms with E-state index >= 15 is 0 Å². The van der Waals surface area contributed by atoms with Gasteiger partial charge in [-0.05, 0) is 31.4 Å². The lowest BCUT2D eigenvalue weighted by Gasteiger charge is -2.10. The minimum absolute atomic E-state index is 0.210. The molecule has 0 aromatic carbocycles. The van der Waals surface area contributed by atoms with Crippen LogP contribution in [0.2, 0.25) is 5.28 Å². The second kappa shape index (κ2) is 7.29. The maximum Gasteiger partial charge on any atom is 0.224 e. The summed E-state index contributed by atoms with van der Waals surface area (Å²) in [7, 11) is 0. The summed E-state index contributed by atoms with van der Waals surface area (Å²) in [4.78, 5) is 8.01. The van der Waals surface area contributed by atoms with Crippen LogP contribution in [0, 0.1) is 6.92 Å². The number of aryl methyl sites for hydroxylation is 1. The van der Waals surface area contributed by atoms with E-state index in [0.717, 1.165) is 32.6 Å². The third-order valence-electron chi connectivity index (χ3n) is 2.22. The standard InChI is InChI=1S/C11H19ClN4O/c1-3-6-17-7-4-5-14-10-9(13)8(2)15-11(12)16-10/h3-7,13H2,1-2H3,(H,14,15,16). The van der Waals surface area contributed by atoms with Gasteiger partial charge in [-0.1, -0.05) is 6.92 Å². The van der Waals surface area contributed by atoms with E-state index in [1.165, 1.54) is 0 Å². The van der Waals surface area contributed by atoms with Crippen molar-refractivity contribution >= 4 is 23.1 Å². The smallest absolute Gasteiger partial charge is 0.224 e.